The fourth-order valence-corrected chi connectivity index (χ4v) is 2.09. The van der Waals surface area contributed by atoms with E-state index < -0.39 is 0 Å². The highest BCUT2D eigenvalue weighted by Gasteiger charge is 2.07. The number of carbonyl (C=O) groups is 1. The van der Waals surface area contributed by atoms with Crippen LogP contribution in [0.15, 0.2) is 40.2 Å². The quantitative estimate of drug-likeness (QED) is 0.656. The monoisotopic (exact) mass is 327 g/mol. The molecular weight excluding hydrogens is 318 g/mol. The smallest absolute Gasteiger partial charge is 0.234 e. The number of nitrogens with one attached hydrogen (secondary N) is 1. The van der Waals surface area contributed by atoms with Crippen LogP contribution in [-0.4, -0.2) is 26.5 Å². The van der Waals surface area contributed by atoms with E-state index in [4.69, 9.17) is 5.84 Å². The van der Waals surface area contributed by atoms with Gasteiger partial charge >= 0.3 is 0 Å². The summed E-state index contributed by atoms with van der Waals surface area (Å²) in [4.78, 5) is 11.7. The minimum Gasteiger partial charge on any atom is -0.336 e. The number of carbonyl (C=O) groups excluding carboxylic acids is 1. The van der Waals surface area contributed by atoms with E-state index in [2.05, 4.69) is 31.4 Å². The summed E-state index contributed by atoms with van der Waals surface area (Å²) in [5, 5.41) is 10.7. The number of thioether (sulfide) groups is 1. The van der Waals surface area contributed by atoms with E-state index >= 15 is 0 Å². The van der Waals surface area contributed by atoms with Crippen molar-refractivity contribution < 1.29 is 4.79 Å². The Labute approximate surface area is 116 Å². The number of nitrogens with two attached hydrogens (primary N) is 1. The van der Waals surface area contributed by atoms with Crippen LogP contribution in [-0.2, 0) is 4.79 Å². The van der Waals surface area contributed by atoms with E-state index in [1.807, 2.05) is 24.3 Å². The number of amides is 1. The van der Waals surface area contributed by atoms with E-state index in [0.717, 1.165) is 10.2 Å². The second-order valence-corrected chi connectivity index (χ2v) is 5.22. The predicted molar refractivity (Wildman–Crippen MR) is 73.7 cm³/mol. The molecule has 1 heterocycles. The maximum atomic E-state index is 11.7. The van der Waals surface area contributed by atoms with Crippen molar-refractivity contribution in [1.29, 1.82) is 0 Å². The Balaban J connectivity index is 1.86. The maximum absolute atomic E-state index is 11.7. The molecule has 0 atom stereocenters. The zero-order valence-corrected chi connectivity index (χ0v) is 11.6. The standard InChI is InChI=1S/C10H10BrN5OS/c11-7-1-3-8(4-2-7)14-9(17)5-18-10-15-13-6-16(10)12/h1-4,6H,5,12H2,(H,14,17). The van der Waals surface area contributed by atoms with Gasteiger partial charge < -0.3 is 11.2 Å². The molecule has 3 N–H and O–H groups in total. The van der Waals surface area contributed by atoms with Gasteiger partial charge in [0.25, 0.3) is 0 Å². The summed E-state index contributed by atoms with van der Waals surface area (Å²) in [6, 6.07) is 7.36. The van der Waals surface area contributed by atoms with Gasteiger partial charge in [0, 0.05) is 10.2 Å². The van der Waals surface area contributed by atoms with Crippen LogP contribution < -0.4 is 11.2 Å². The number of nitrogens with zero attached hydrogens (tertiary/aromatic N) is 3. The largest absolute Gasteiger partial charge is 0.336 e. The number of hydrogen-bond acceptors (Lipinski definition) is 5. The lowest BCUT2D eigenvalue weighted by Gasteiger charge is -2.04. The zero-order valence-electron chi connectivity index (χ0n) is 9.21. The summed E-state index contributed by atoms with van der Waals surface area (Å²) in [6.07, 6.45) is 1.38. The lowest BCUT2D eigenvalue weighted by Crippen LogP contribution is -2.15. The second kappa shape index (κ2) is 5.87. The topological polar surface area (TPSA) is 85.8 Å². The molecule has 0 bridgehead atoms. The highest BCUT2D eigenvalue weighted by molar-refractivity contribution is 9.10. The van der Waals surface area contributed by atoms with Crippen molar-refractivity contribution >= 4 is 39.3 Å². The molecule has 1 amide bonds. The number of halogens is 1. The van der Waals surface area contributed by atoms with Crippen molar-refractivity contribution in [2.24, 2.45) is 0 Å². The Hall–Kier alpha value is -1.54. The van der Waals surface area contributed by atoms with Crippen LogP contribution in [0.3, 0.4) is 0 Å². The molecule has 94 valence electrons. The molecule has 0 aliphatic heterocycles. The van der Waals surface area contributed by atoms with Crippen molar-refractivity contribution in [1.82, 2.24) is 14.9 Å². The van der Waals surface area contributed by atoms with Gasteiger partial charge in [-0.05, 0) is 24.3 Å². The van der Waals surface area contributed by atoms with E-state index in [0.29, 0.717) is 5.16 Å². The second-order valence-electron chi connectivity index (χ2n) is 3.36. The van der Waals surface area contributed by atoms with Crippen molar-refractivity contribution in [3.05, 3.63) is 35.1 Å². The molecule has 1 aromatic carbocycles. The molecule has 2 rings (SSSR count). The van der Waals surface area contributed by atoms with E-state index in [9.17, 15) is 4.79 Å². The van der Waals surface area contributed by atoms with Crippen LogP contribution in [0, 0.1) is 0 Å². The van der Waals surface area contributed by atoms with Crippen molar-refractivity contribution in [2.45, 2.75) is 5.16 Å². The summed E-state index contributed by atoms with van der Waals surface area (Å²) >= 11 is 4.56. The van der Waals surface area contributed by atoms with Crippen LogP contribution in [0.2, 0.25) is 0 Å². The molecule has 0 saturated carbocycles. The highest BCUT2D eigenvalue weighted by Crippen LogP contribution is 2.16. The van der Waals surface area contributed by atoms with Crippen LogP contribution in [0.25, 0.3) is 0 Å². The minimum atomic E-state index is -0.120. The highest BCUT2D eigenvalue weighted by atomic mass is 79.9. The van der Waals surface area contributed by atoms with Crippen molar-refractivity contribution in [2.75, 3.05) is 16.9 Å². The van der Waals surface area contributed by atoms with Crippen LogP contribution in [0.1, 0.15) is 0 Å². The molecule has 0 aliphatic carbocycles. The Morgan fingerprint density at radius 1 is 1.44 bits per heavy atom. The van der Waals surface area contributed by atoms with Crippen LogP contribution >= 0.6 is 27.7 Å². The summed E-state index contributed by atoms with van der Waals surface area (Å²) in [6.45, 7) is 0. The van der Waals surface area contributed by atoms with Gasteiger partial charge in [-0.15, -0.1) is 10.2 Å². The maximum Gasteiger partial charge on any atom is 0.234 e. The molecule has 0 radical (unpaired) electrons. The van der Waals surface area contributed by atoms with Gasteiger partial charge in [-0.2, -0.15) is 0 Å². The fourth-order valence-electron chi connectivity index (χ4n) is 1.20. The minimum absolute atomic E-state index is 0.120. The van der Waals surface area contributed by atoms with Gasteiger partial charge in [0.2, 0.25) is 11.1 Å². The number of benzene rings is 1. The Kier molecular flexibility index (Phi) is 4.21. The van der Waals surface area contributed by atoms with Crippen molar-refractivity contribution in [3.63, 3.8) is 0 Å². The molecule has 0 spiro atoms. The molecule has 0 unspecified atom stereocenters. The molecule has 1 aromatic heterocycles. The SMILES string of the molecule is Nn1cnnc1SCC(=O)Nc1ccc(Br)cc1. The Bertz CT molecular complexity index is 541. The van der Waals surface area contributed by atoms with Gasteiger partial charge in [-0.1, -0.05) is 27.7 Å². The van der Waals surface area contributed by atoms with Crippen LogP contribution in [0.4, 0.5) is 5.69 Å². The molecule has 18 heavy (non-hydrogen) atoms. The Morgan fingerprint density at radius 3 is 2.78 bits per heavy atom. The first kappa shape index (κ1) is 12.9. The number of aromatic nitrogens is 3. The molecule has 2 aromatic rings. The summed E-state index contributed by atoms with van der Waals surface area (Å²) in [5.41, 5.74) is 0.748. The first-order valence-corrected chi connectivity index (χ1v) is 6.76. The summed E-state index contributed by atoms with van der Waals surface area (Å²) in [7, 11) is 0. The molecule has 6 nitrogen and oxygen atoms in total. The van der Waals surface area contributed by atoms with E-state index in [-0.39, 0.29) is 11.7 Å². The number of rotatable bonds is 4. The normalized spacial score (nSPS) is 10.3. The van der Waals surface area contributed by atoms with Gasteiger partial charge in [0.1, 0.15) is 6.33 Å². The first-order chi connectivity index (χ1) is 8.65. The van der Waals surface area contributed by atoms with Gasteiger partial charge in [-0.3, -0.25) is 4.79 Å². The van der Waals surface area contributed by atoms with Gasteiger partial charge in [0.15, 0.2) is 0 Å². The lowest BCUT2D eigenvalue weighted by molar-refractivity contribution is -0.113. The van der Waals surface area contributed by atoms with E-state index in [1.54, 1.807) is 0 Å². The predicted octanol–water partition coefficient (Wildman–Crippen LogP) is 1.49. The van der Waals surface area contributed by atoms with Crippen LogP contribution in [0.5, 0.6) is 0 Å². The molecule has 0 aliphatic rings. The average Bonchev–Trinajstić information content (AvgIpc) is 2.75. The summed E-state index contributed by atoms with van der Waals surface area (Å²) < 4.78 is 2.24. The third kappa shape index (κ3) is 3.47. The first-order valence-electron chi connectivity index (χ1n) is 4.98. The van der Waals surface area contributed by atoms with Gasteiger partial charge in [-0.25, -0.2) is 4.68 Å². The molecular formula is C10H10BrN5OS. The third-order valence-electron chi connectivity index (χ3n) is 2.00. The third-order valence-corrected chi connectivity index (χ3v) is 3.49. The zero-order chi connectivity index (χ0) is 13.0. The number of hydrogen-bond donors (Lipinski definition) is 2. The fraction of sp³-hybridized carbons (Fsp3) is 0.100. The molecule has 0 saturated heterocycles. The number of nitrogen functional groups attached to an aromatic ring is 1. The molecule has 0 fully saturated rings. The van der Waals surface area contributed by atoms with Crippen molar-refractivity contribution in [3.8, 4) is 0 Å². The lowest BCUT2D eigenvalue weighted by atomic mass is 10.3. The average molecular weight is 328 g/mol. The number of anilines is 1. The molecule has 8 heteroatoms. The van der Waals surface area contributed by atoms with Gasteiger partial charge in [0.05, 0.1) is 5.75 Å². The van der Waals surface area contributed by atoms with E-state index in [1.165, 1.54) is 22.8 Å². The Morgan fingerprint density at radius 2 is 2.17 bits per heavy atom. The summed E-state index contributed by atoms with van der Waals surface area (Å²) in [5.74, 6) is 5.64.